The summed E-state index contributed by atoms with van der Waals surface area (Å²) in [6.45, 7) is 8.76. The van der Waals surface area contributed by atoms with Crippen LogP contribution in [0.15, 0.2) is 52.1 Å². The minimum absolute atomic E-state index is 0. The smallest absolute Gasteiger partial charge is 0.191 e. The highest BCUT2D eigenvalue weighted by Crippen LogP contribution is 2.25. The van der Waals surface area contributed by atoms with Gasteiger partial charge in [0.1, 0.15) is 11.5 Å². The molecule has 0 aliphatic carbocycles. The second-order valence-electron chi connectivity index (χ2n) is 6.56. The predicted octanol–water partition coefficient (Wildman–Crippen LogP) is 3.98. The Hall–Kier alpha value is -1.70. The van der Waals surface area contributed by atoms with E-state index in [0.717, 1.165) is 37.0 Å². The van der Waals surface area contributed by atoms with E-state index in [1.165, 1.54) is 5.56 Å². The molecule has 0 amide bonds. The summed E-state index contributed by atoms with van der Waals surface area (Å²) in [6, 6.07) is 12.1. The van der Waals surface area contributed by atoms with Crippen molar-refractivity contribution in [1.29, 1.82) is 0 Å². The van der Waals surface area contributed by atoms with Crippen molar-refractivity contribution >= 4 is 29.9 Å². The third-order valence-electron chi connectivity index (χ3n) is 4.09. The molecule has 144 valence electrons. The molecule has 1 aromatic heterocycles. The topological polar surface area (TPSA) is 58.8 Å². The van der Waals surface area contributed by atoms with E-state index < -0.39 is 0 Å². The van der Waals surface area contributed by atoms with Crippen molar-refractivity contribution in [2.45, 2.75) is 32.6 Å². The molecule has 0 aliphatic heterocycles. The zero-order valence-corrected chi connectivity index (χ0v) is 18.4. The summed E-state index contributed by atoms with van der Waals surface area (Å²) < 4.78 is 10.6. The monoisotopic (exact) mass is 471 g/mol. The fourth-order valence-corrected chi connectivity index (χ4v) is 2.51. The van der Waals surface area contributed by atoms with Crippen LogP contribution >= 0.6 is 24.0 Å². The van der Waals surface area contributed by atoms with E-state index in [4.69, 9.17) is 14.1 Å². The molecule has 0 bridgehead atoms. The predicted molar refractivity (Wildman–Crippen MR) is 118 cm³/mol. The second-order valence-corrected chi connectivity index (χ2v) is 6.56. The summed E-state index contributed by atoms with van der Waals surface area (Å²) in [4.78, 5) is 4.76. The van der Waals surface area contributed by atoms with E-state index in [2.05, 4.69) is 43.5 Å². The number of benzene rings is 1. The largest absolute Gasteiger partial charge is 0.497 e. The van der Waals surface area contributed by atoms with E-state index >= 15 is 0 Å². The second kappa shape index (κ2) is 11.1. The number of nitrogens with one attached hydrogen (secondary N) is 2. The van der Waals surface area contributed by atoms with Gasteiger partial charge in [0.15, 0.2) is 5.96 Å². The van der Waals surface area contributed by atoms with Crippen molar-refractivity contribution < 1.29 is 9.15 Å². The van der Waals surface area contributed by atoms with Gasteiger partial charge in [0.25, 0.3) is 0 Å². The first-order valence-electron chi connectivity index (χ1n) is 8.74. The van der Waals surface area contributed by atoms with Gasteiger partial charge in [0.2, 0.25) is 0 Å². The normalized spacial score (nSPS) is 11.6. The summed E-state index contributed by atoms with van der Waals surface area (Å²) in [7, 11) is 1.68. The molecule has 0 saturated heterocycles. The van der Waals surface area contributed by atoms with Crippen LogP contribution in [-0.4, -0.2) is 32.7 Å². The average molecular weight is 471 g/mol. The van der Waals surface area contributed by atoms with Crippen LogP contribution in [0.2, 0.25) is 0 Å². The maximum atomic E-state index is 5.36. The number of nitrogens with zero attached hydrogens (tertiary/aromatic N) is 1. The van der Waals surface area contributed by atoms with E-state index in [1.54, 1.807) is 13.4 Å². The standard InChI is InChI=1S/C20H29N3O2.HI/c1-5-21-19(22-13-12-18-7-6-14-25-18)23-15-20(2,3)16-8-10-17(24-4)11-9-16;/h6-11,14H,5,12-13,15H2,1-4H3,(H2,21,22,23);1H. The zero-order valence-electron chi connectivity index (χ0n) is 16.0. The van der Waals surface area contributed by atoms with Gasteiger partial charge in [0, 0.05) is 24.9 Å². The van der Waals surface area contributed by atoms with Crippen LogP contribution in [0.1, 0.15) is 32.1 Å². The molecular formula is C20H30IN3O2. The van der Waals surface area contributed by atoms with Crippen LogP contribution in [0.25, 0.3) is 0 Å². The molecule has 0 spiro atoms. The van der Waals surface area contributed by atoms with Crippen molar-refractivity contribution in [1.82, 2.24) is 10.6 Å². The lowest BCUT2D eigenvalue weighted by Gasteiger charge is -2.24. The van der Waals surface area contributed by atoms with Gasteiger partial charge >= 0.3 is 0 Å². The Morgan fingerprint density at radius 3 is 2.46 bits per heavy atom. The molecule has 0 aliphatic rings. The van der Waals surface area contributed by atoms with Gasteiger partial charge in [0.05, 0.1) is 19.9 Å². The van der Waals surface area contributed by atoms with Gasteiger partial charge in [-0.25, -0.2) is 0 Å². The third kappa shape index (κ3) is 6.90. The van der Waals surface area contributed by atoms with Gasteiger partial charge in [-0.05, 0) is 36.8 Å². The SMILES string of the molecule is CCNC(=NCC(C)(C)c1ccc(OC)cc1)NCCc1ccco1.I. The molecule has 0 radical (unpaired) electrons. The first-order valence-corrected chi connectivity index (χ1v) is 8.74. The summed E-state index contributed by atoms with van der Waals surface area (Å²) in [5, 5.41) is 6.65. The van der Waals surface area contributed by atoms with Crippen LogP contribution in [0.4, 0.5) is 0 Å². The highest BCUT2D eigenvalue weighted by atomic mass is 127. The first kappa shape index (κ1) is 22.3. The van der Waals surface area contributed by atoms with E-state index in [9.17, 15) is 0 Å². The maximum Gasteiger partial charge on any atom is 0.191 e. The quantitative estimate of drug-likeness (QED) is 0.348. The Kier molecular flexibility index (Phi) is 9.54. The zero-order chi connectivity index (χ0) is 18.1. The van der Waals surface area contributed by atoms with Gasteiger partial charge in [-0.2, -0.15) is 0 Å². The number of halogens is 1. The van der Waals surface area contributed by atoms with Crippen molar-refractivity contribution in [2.24, 2.45) is 4.99 Å². The van der Waals surface area contributed by atoms with Crippen LogP contribution in [-0.2, 0) is 11.8 Å². The lowest BCUT2D eigenvalue weighted by atomic mass is 9.85. The number of methoxy groups -OCH3 is 1. The van der Waals surface area contributed by atoms with Crippen molar-refractivity contribution in [3.63, 3.8) is 0 Å². The molecule has 0 atom stereocenters. The summed E-state index contributed by atoms with van der Waals surface area (Å²) in [5.74, 6) is 2.67. The summed E-state index contributed by atoms with van der Waals surface area (Å²) >= 11 is 0. The number of guanidine groups is 1. The van der Waals surface area contributed by atoms with Crippen LogP contribution in [0.5, 0.6) is 5.75 Å². The minimum Gasteiger partial charge on any atom is -0.497 e. The fraction of sp³-hybridized carbons (Fsp3) is 0.450. The molecule has 5 nitrogen and oxygen atoms in total. The molecule has 2 rings (SSSR count). The highest BCUT2D eigenvalue weighted by molar-refractivity contribution is 14.0. The third-order valence-corrected chi connectivity index (χ3v) is 4.09. The number of aliphatic imine (C=N–C) groups is 1. The number of rotatable bonds is 8. The molecule has 1 aromatic carbocycles. The molecule has 2 aromatic rings. The molecular weight excluding hydrogens is 441 g/mol. The lowest BCUT2D eigenvalue weighted by molar-refractivity contribution is 0.414. The van der Waals surface area contributed by atoms with Crippen LogP contribution < -0.4 is 15.4 Å². The number of ether oxygens (including phenoxy) is 1. The van der Waals surface area contributed by atoms with Crippen LogP contribution in [0, 0.1) is 0 Å². The Labute approximate surface area is 173 Å². The Morgan fingerprint density at radius 1 is 1.15 bits per heavy atom. The molecule has 0 unspecified atom stereocenters. The highest BCUT2D eigenvalue weighted by Gasteiger charge is 2.20. The van der Waals surface area contributed by atoms with Crippen molar-refractivity contribution in [3.8, 4) is 5.75 Å². The van der Waals surface area contributed by atoms with Gasteiger partial charge < -0.3 is 19.8 Å². The number of hydrogen-bond donors (Lipinski definition) is 2. The van der Waals surface area contributed by atoms with E-state index in [0.29, 0.717) is 6.54 Å². The fourth-order valence-electron chi connectivity index (χ4n) is 2.51. The molecule has 0 saturated carbocycles. The summed E-state index contributed by atoms with van der Waals surface area (Å²) in [5.41, 5.74) is 1.18. The van der Waals surface area contributed by atoms with Crippen molar-refractivity contribution in [2.75, 3.05) is 26.7 Å². The Balaban J connectivity index is 0.00000338. The Bertz CT molecular complexity index is 652. The first-order chi connectivity index (χ1) is 12.0. The average Bonchev–Trinajstić information content (AvgIpc) is 3.13. The number of hydrogen-bond acceptors (Lipinski definition) is 3. The Morgan fingerprint density at radius 2 is 1.88 bits per heavy atom. The molecule has 26 heavy (non-hydrogen) atoms. The van der Waals surface area contributed by atoms with Gasteiger partial charge in [-0.3, -0.25) is 4.99 Å². The molecule has 6 heteroatoms. The summed E-state index contributed by atoms with van der Waals surface area (Å²) in [6.07, 6.45) is 2.53. The van der Waals surface area contributed by atoms with E-state index in [-0.39, 0.29) is 29.4 Å². The van der Waals surface area contributed by atoms with Crippen LogP contribution in [0.3, 0.4) is 0 Å². The molecule has 0 fully saturated rings. The molecule has 1 heterocycles. The van der Waals surface area contributed by atoms with Crippen molar-refractivity contribution in [3.05, 3.63) is 54.0 Å². The number of furan rings is 1. The molecule has 2 N–H and O–H groups in total. The minimum atomic E-state index is -0.0599. The maximum absolute atomic E-state index is 5.36. The lowest BCUT2D eigenvalue weighted by Crippen LogP contribution is -2.39. The van der Waals surface area contributed by atoms with Gasteiger partial charge in [-0.1, -0.05) is 26.0 Å². The van der Waals surface area contributed by atoms with Gasteiger partial charge in [-0.15, -0.1) is 24.0 Å². The van der Waals surface area contributed by atoms with E-state index in [1.807, 2.05) is 24.3 Å².